The Kier molecular flexibility index (Phi) is 5.50. The zero-order chi connectivity index (χ0) is 20.3. The van der Waals surface area contributed by atoms with Crippen LogP contribution in [0, 0.1) is 4.77 Å². The minimum Gasteiger partial charge on any atom is -0.493 e. The van der Waals surface area contributed by atoms with E-state index < -0.39 is 11.7 Å². The summed E-state index contributed by atoms with van der Waals surface area (Å²) in [6, 6.07) is 10.2. The van der Waals surface area contributed by atoms with Crippen LogP contribution in [0.1, 0.15) is 11.1 Å². The molecule has 0 aliphatic rings. The maximum Gasteiger partial charge on any atom is 0.417 e. The van der Waals surface area contributed by atoms with Crippen molar-refractivity contribution in [2.75, 3.05) is 14.2 Å². The highest BCUT2D eigenvalue weighted by Crippen LogP contribution is 2.32. The lowest BCUT2D eigenvalue weighted by Gasteiger charge is -2.10. The van der Waals surface area contributed by atoms with E-state index >= 15 is 0 Å². The van der Waals surface area contributed by atoms with Gasteiger partial charge in [0.1, 0.15) is 0 Å². The Balaban J connectivity index is 2.04. The summed E-state index contributed by atoms with van der Waals surface area (Å²) in [5.74, 6) is 1.30. The van der Waals surface area contributed by atoms with E-state index in [0.717, 1.165) is 12.3 Å². The number of hydrogen-bond acceptors (Lipinski definition) is 5. The maximum atomic E-state index is 13.2. The number of alkyl halides is 3. The van der Waals surface area contributed by atoms with Crippen molar-refractivity contribution in [2.45, 2.75) is 6.18 Å². The predicted molar refractivity (Wildman–Crippen MR) is 100 cm³/mol. The molecule has 28 heavy (non-hydrogen) atoms. The summed E-state index contributed by atoms with van der Waals surface area (Å²) in [6.45, 7) is 0. The second kappa shape index (κ2) is 7.85. The monoisotopic (exact) mass is 408 g/mol. The van der Waals surface area contributed by atoms with Crippen molar-refractivity contribution in [1.82, 2.24) is 14.9 Å². The lowest BCUT2D eigenvalue weighted by Crippen LogP contribution is -2.09. The van der Waals surface area contributed by atoms with Crippen LogP contribution in [0.4, 0.5) is 13.2 Å². The zero-order valence-corrected chi connectivity index (χ0v) is 15.6. The lowest BCUT2D eigenvalue weighted by atomic mass is 10.1. The molecule has 1 aromatic heterocycles. The predicted octanol–water partition coefficient (Wildman–Crippen LogP) is 4.53. The normalized spacial score (nSPS) is 11.8. The third kappa shape index (κ3) is 3.91. The molecule has 1 heterocycles. The first kappa shape index (κ1) is 19.6. The Morgan fingerprint density at radius 2 is 1.82 bits per heavy atom. The van der Waals surface area contributed by atoms with Gasteiger partial charge in [0, 0.05) is 11.1 Å². The standard InChI is InChI=1S/C18H15F3N4O2S/c1-26-14-8-7-11(9-15(14)27-2)16-23-24-17(28)25(16)22-10-12-5-3-4-6-13(12)18(19,20)21/h3-10H,1-2H3,(H,24,28). The third-order valence-corrected chi connectivity index (χ3v) is 4.13. The van der Waals surface area contributed by atoms with Crippen molar-refractivity contribution in [3.63, 3.8) is 0 Å². The number of nitrogens with one attached hydrogen (secondary N) is 1. The number of halogens is 3. The first-order chi connectivity index (χ1) is 13.3. The highest BCUT2D eigenvalue weighted by molar-refractivity contribution is 7.71. The maximum absolute atomic E-state index is 13.2. The Morgan fingerprint density at radius 3 is 2.50 bits per heavy atom. The van der Waals surface area contributed by atoms with E-state index in [1.807, 2.05) is 0 Å². The van der Waals surface area contributed by atoms with Gasteiger partial charge in [-0.2, -0.15) is 28.0 Å². The van der Waals surface area contributed by atoms with Crippen LogP contribution in [-0.2, 0) is 6.18 Å². The van der Waals surface area contributed by atoms with Crippen molar-refractivity contribution in [3.8, 4) is 22.9 Å². The second-order valence-corrected chi connectivity index (χ2v) is 5.95. The summed E-state index contributed by atoms with van der Waals surface area (Å²) in [4.78, 5) is 0. The molecule has 146 valence electrons. The molecule has 0 aliphatic carbocycles. The van der Waals surface area contributed by atoms with Gasteiger partial charge in [-0.05, 0) is 36.5 Å². The van der Waals surface area contributed by atoms with Gasteiger partial charge in [0.05, 0.1) is 26.0 Å². The molecule has 0 aliphatic heterocycles. The van der Waals surface area contributed by atoms with Crippen molar-refractivity contribution >= 4 is 18.4 Å². The molecule has 0 spiro atoms. The number of aromatic nitrogens is 3. The van der Waals surface area contributed by atoms with Gasteiger partial charge in [-0.1, -0.05) is 18.2 Å². The van der Waals surface area contributed by atoms with Crippen LogP contribution in [0.5, 0.6) is 11.5 Å². The van der Waals surface area contributed by atoms with Gasteiger partial charge in [-0.15, -0.1) is 0 Å². The van der Waals surface area contributed by atoms with E-state index in [-0.39, 0.29) is 10.3 Å². The van der Waals surface area contributed by atoms with Crippen LogP contribution >= 0.6 is 12.2 Å². The summed E-state index contributed by atoms with van der Waals surface area (Å²) in [5, 5.41) is 10.8. The van der Waals surface area contributed by atoms with Crippen LogP contribution in [0.15, 0.2) is 47.6 Å². The fraction of sp³-hybridized carbons (Fsp3) is 0.167. The van der Waals surface area contributed by atoms with Crippen LogP contribution in [0.2, 0.25) is 0 Å². The summed E-state index contributed by atoms with van der Waals surface area (Å²) in [5.41, 5.74) is -0.288. The van der Waals surface area contributed by atoms with E-state index in [9.17, 15) is 13.2 Å². The Morgan fingerprint density at radius 1 is 1.11 bits per heavy atom. The van der Waals surface area contributed by atoms with E-state index in [1.165, 1.54) is 37.1 Å². The molecular weight excluding hydrogens is 393 g/mol. The van der Waals surface area contributed by atoms with Gasteiger partial charge in [0.25, 0.3) is 0 Å². The van der Waals surface area contributed by atoms with E-state index in [2.05, 4.69) is 15.3 Å². The largest absolute Gasteiger partial charge is 0.493 e. The van der Waals surface area contributed by atoms with Gasteiger partial charge in [0.2, 0.25) is 4.77 Å². The van der Waals surface area contributed by atoms with Crippen LogP contribution in [-0.4, -0.2) is 35.3 Å². The molecule has 0 saturated carbocycles. The molecule has 0 fully saturated rings. The number of aromatic amines is 1. The summed E-state index contributed by atoms with van der Waals surface area (Å²) in [7, 11) is 3.00. The number of H-pyrrole nitrogens is 1. The Bertz CT molecular complexity index is 1070. The van der Waals surface area contributed by atoms with Crippen molar-refractivity contribution in [3.05, 3.63) is 58.4 Å². The van der Waals surface area contributed by atoms with Gasteiger partial charge in [0.15, 0.2) is 17.3 Å². The van der Waals surface area contributed by atoms with Gasteiger partial charge in [-0.3, -0.25) is 0 Å². The zero-order valence-electron chi connectivity index (χ0n) is 14.8. The molecule has 0 unspecified atom stereocenters. The summed E-state index contributed by atoms with van der Waals surface area (Å²) < 4.78 is 51.3. The topological polar surface area (TPSA) is 64.4 Å². The number of nitrogens with zero attached hydrogens (tertiary/aromatic N) is 3. The fourth-order valence-electron chi connectivity index (χ4n) is 2.55. The van der Waals surface area contributed by atoms with Crippen LogP contribution < -0.4 is 9.47 Å². The Hall–Kier alpha value is -3.14. The average Bonchev–Trinajstić information content (AvgIpc) is 3.05. The molecule has 2 aromatic carbocycles. The third-order valence-electron chi connectivity index (χ3n) is 3.87. The highest BCUT2D eigenvalue weighted by atomic mass is 32.1. The van der Waals surface area contributed by atoms with E-state index in [4.69, 9.17) is 21.7 Å². The molecule has 0 amide bonds. The molecule has 6 nitrogen and oxygen atoms in total. The minimum absolute atomic E-state index is 0.0867. The number of rotatable bonds is 5. The van der Waals surface area contributed by atoms with Crippen LogP contribution in [0.25, 0.3) is 11.4 Å². The molecule has 0 atom stereocenters. The molecule has 10 heteroatoms. The number of hydrogen-bond donors (Lipinski definition) is 1. The minimum atomic E-state index is -4.49. The number of benzene rings is 2. The number of ether oxygens (including phenoxy) is 2. The van der Waals surface area contributed by atoms with E-state index in [0.29, 0.717) is 22.9 Å². The summed E-state index contributed by atoms with van der Waals surface area (Å²) in [6.07, 6.45) is -3.40. The van der Waals surface area contributed by atoms with Gasteiger partial charge >= 0.3 is 6.18 Å². The van der Waals surface area contributed by atoms with Crippen molar-refractivity contribution in [2.24, 2.45) is 5.10 Å². The second-order valence-electron chi connectivity index (χ2n) is 5.56. The van der Waals surface area contributed by atoms with Gasteiger partial charge in [-0.25, -0.2) is 5.10 Å². The first-order valence-corrected chi connectivity index (χ1v) is 8.36. The highest BCUT2D eigenvalue weighted by Gasteiger charge is 2.32. The van der Waals surface area contributed by atoms with Crippen molar-refractivity contribution in [1.29, 1.82) is 0 Å². The molecule has 1 N–H and O–H groups in total. The Labute approximate surface area is 163 Å². The molecule has 0 bridgehead atoms. The molecular formula is C18H15F3N4O2S. The molecule has 0 saturated heterocycles. The first-order valence-electron chi connectivity index (χ1n) is 7.95. The SMILES string of the molecule is COc1ccc(-c2n[nH]c(=S)n2N=Cc2ccccc2C(F)(F)F)cc1OC. The molecule has 3 aromatic rings. The fourth-order valence-corrected chi connectivity index (χ4v) is 2.73. The molecule has 3 rings (SSSR count). The summed E-state index contributed by atoms with van der Waals surface area (Å²) >= 11 is 5.16. The quantitative estimate of drug-likeness (QED) is 0.498. The van der Waals surface area contributed by atoms with Crippen LogP contribution in [0.3, 0.4) is 0 Å². The lowest BCUT2D eigenvalue weighted by molar-refractivity contribution is -0.137. The number of methoxy groups -OCH3 is 2. The smallest absolute Gasteiger partial charge is 0.417 e. The average molecular weight is 408 g/mol. The molecule has 0 radical (unpaired) electrons. The van der Waals surface area contributed by atoms with E-state index in [1.54, 1.807) is 18.2 Å². The van der Waals surface area contributed by atoms with Gasteiger partial charge < -0.3 is 9.47 Å². The van der Waals surface area contributed by atoms with Crippen molar-refractivity contribution < 1.29 is 22.6 Å².